The third-order valence-electron chi connectivity index (χ3n) is 4.10. The van der Waals surface area contributed by atoms with Gasteiger partial charge in [-0.1, -0.05) is 48.0 Å². The van der Waals surface area contributed by atoms with Crippen LogP contribution in [0.1, 0.15) is 18.1 Å². The van der Waals surface area contributed by atoms with E-state index >= 15 is 0 Å². The van der Waals surface area contributed by atoms with Crippen LogP contribution in [0, 0.1) is 3.57 Å². The Morgan fingerprint density at radius 3 is 2.48 bits per heavy atom. The van der Waals surface area contributed by atoms with Crippen molar-refractivity contribution in [3.63, 3.8) is 0 Å². The molecule has 0 aromatic heterocycles. The second kappa shape index (κ2) is 10.8. The summed E-state index contributed by atoms with van der Waals surface area (Å²) in [5.74, 6) is 1.12. The zero-order valence-corrected chi connectivity index (χ0v) is 20.3. The van der Waals surface area contributed by atoms with Gasteiger partial charge in [0.2, 0.25) is 0 Å². The van der Waals surface area contributed by atoms with Gasteiger partial charge in [0.1, 0.15) is 6.61 Å². The van der Waals surface area contributed by atoms with Crippen molar-refractivity contribution >= 4 is 50.4 Å². The molecule has 162 valence electrons. The molecule has 0 unspecified atom stereocenters. The molecule has 0 aliphatic heterocycles. The summed E-state index contributed by atoms with van der Waals surface area (Å²) in [6, 6.07) is 19.1. The van der Waals surface area contributed by atoms with Crippen LogP contribution in [0.3, 0.4) is 0 Å². The zero-order chi connectivity index (χ0) is 22.3. The first kappa shape index (κ1) is 23.4. The minimum absolute atomic E-state index is 0.139. The monoisotopic (exact) mass is 570 g/mol. The third-order valence-corrected chi connectivity index (χ3v) is 6.51. The second-order valence-corrected chi connectivity index (χ2v) is 9.54. The van der Waals surface area contributed by atoms with E-state index in [0.29, 0.717) is 35.3 Å². The molecule has 0 spiro atoms. The summed E-state index contributed by atoms with van der Waals surface area (Å²) < 4.78 is 37.1. The van der Waals surface area contributed by atoms with Crippen molar-refractivity contribution in [1.82, 2.24) is 4.83 Å². The van der Waals surface area contributed by atoms with E-state index < -0.39 is 10.0 Å². The Morgan fingerprint density at radius 2 is 1.77 bits per heavy atom. The van der Waals surface area contributed by atoms with Gasteiger partial charge in [-0.25, -0.2) is 4.83 Å². The van der Waals surface area contributed by atoms with Crippen LogP contribution in [0.25, 0.3) is 0 Å². The topological polar surface area (TPSA) is 77.0 Å². The van der Waals surface area contributed by atoms with E-state index in [-0.39, 0.29) is 4.90 Å². The third kappa shape index (κ3) is 6.34. The molecule has 0 aliphatic carbocycles. The molecular formula is C22H20ClIN2O4S. The van der Waals surface area contributed by atoms with Crippen molar-refractivity contribution in [2.24, 2.45) is 5.10 Å². The number of nitrogens with zero attached hydrogens (tertiary/aromatic N) is 1. The van der Waals surface area contributed by atoms with Crippen LogP contribution in [-0.2, 0) is 16.6 Å². The van der Waals surface area contributed by atoms with Gasteiger partial charge in [0, 0.05) is 10.6 Å². The molecule has 9 heteroatoms. The van der Waals surface area contributed by atoms with Gasteiger partial charge in [0.15, 0.2) is 11.5 Å². The van der Waals surface area contributed by atoms with Crippen LogP contribution in [0.2, 0.25) is 5.02 Å². The summed E-state index contributed by atoms with van der Waals surface area (Å²) in [6.07, 6.45) is 1.42. The summed E-state index contributed by atoms with van der Waals surface area (Å²) in [7, 11) is -3.73. The van der Waals surface area contributed by atoms with E-state index in [1.165, 1.54) is 18.3 Å². The number of halogens is 2. The van der Waals surface area contributed by atoms with Crippen molar-refractivity contribution in [2.75, 3.05) is 6.61 Å². The van der Waals surface area contributed by atoms with E-state index in [1.807, 2.05) is 37.3 Å². The maximum atomic E-state index is 12.3. The van der Waals surface area contributed by atoms with Gasteiger partial charge in [-0.15, -0.1) is 0 Å². The standard InChI is InChI=1S/C22H20ClIN2O4S/c1-2-29-21-13-16(14-25-26-31(27,28)18-9-4-3-5-10-18)12-20(24)22(21)30-15-17-8-6-7-11-19(17)23/h3-14,26H,2,15H2,1H3/b25-14-. The molecule has 3 rings (SSSR count). The quantitative estimate of drug-likeness (QED) is 0.217. The fourth-order valence-electron chi connectivity index (χ4n) is 2.65. The molecule has 1 N–H and O–H groups in total. The van der Waals surface area contributed by atoms with Crippen LogP contribution in [0.15, 0.2) is 76.7 Å². The molecule has 0 saturated carbocycles. The van der Waals surface area contributed by atoms with Crippen molar-refractivity contribution in [3.8, 4) is 11.5 Å². The molecule has 0 radical (unpaired) electrons. The first-order valence-electron chi connectivity index (χ1n) is 9.33. The Balaban J connectivity index is 1.78. The SMILES string of the molecule is CCOc1cc(/C=N\NS(=O)(=O)c2ccccc2)cc(I)c1OCc1ccccc1Cl. The Labute approximate surface area is 200 Å². The molecule has 3 aromatic rings. The molecular weight excluding hydrogens is 551 g/mol. The van der Waals surface area contributed by atoms with Crippen molar-refractivity contribution in [2.45, 2.75) is 18.4 Å². The lowest BCUT2D eigenvalue weighted by Crippen LogP contribution is -2.18. The smallest absolute Gasteiger partial charge is 0.276 e. The van der Waals surface area contributed by atoms with Gasteiger partial charge < -0.3 is 9.47 Å². The average molecular weight is 571 g/mol. The number of nitrogens with one attached hydrogen (secondary N) is 1. The molecule has 0 fully saturated rings. The lowest BCUT2D eigenvalue weighted by molar-refractivity contribution is 0.267. The fourth-order valence-corrected chi connectivity index (χ4v) is 4.44. The number of hydrogen-bond donors (Lipinski definition) is 1. The molecule has 0 bridgehead atoms. The maximum Gasteiger partial charge on any atom is 0.276 e. The van der Waals surface area contributed by atoms with Gasteiger partial charge in [-0.3, -0.25) is 0 Å². The second-order valence-electron chi connectivity index (χ2n) is 6.31. The highest BCUT2D eigenvalue weighted by molar-refractivity contribution is 14.1. The summed E-state index contributed by atoms with van der Waals surface area (Å²) >= 11 is 8.35. The van der Waals surface area contributed by atoms with E-state index in [1.54, 1.807) is 24.3 Å². The van der Waals surface area contributed by atoms with E-state index in [2.05, 4.69) is 32.5 Å². The highest BCUT2D eigenvalue weighted by Crippen LogP contribution is 2.35. The van der Waals surface area contributed by atoms with Gasteiger partial charge in [0.05, 0.1) is 21.3 Å². The Kier molecular flexibility index (Phi) is 8.16. The number of hydrazone groups is 1. The lowest BCUT2D eigenvalue weighted by atomic mass is 10.2. The molecule has 0 heterocycles. The molecule has 31 heavy (non-hydrogen) atoms. The number of hydrogen-bond acceptors (Lipinski definition) is 5. The van der Waals surface area contributed by atoms with Crippen molar-refractivity contribution in [3.05, 3.63) is 86.4 Å². The Hall–Kier alpha value is -2.30. The summed E-state index contributed by atoms with van der Waals surface area (Å²) in [6.45, 7) is 2.61. The number of rotatable bonds is 9. The van der Waals surface area contributed by atoms with Crippen LogP contribution >= 0.6 is 34.2 Å². The van der Waals surface area contributed by atoms with Crippen LogP contribution in [0.5, 0.6) is 11.5 Å². The molecule has 0 atom stereocenters. The van der Waals surface area contributed by atoms with Crippen LogP contribution in [-0.4, -0.2) is 21.2 Å². The number of ether oxygens (including phenoxy) is 2. The highest BCUT2D eigenvalue weighted by atomic mass is 127. The molecule has 0 saturated heterocycles. The summed E-state index contributed by atoms with van der Waals surface area (Å²) in [5, 5.41) is 4.52. The summed E-state index contributed by atoms with van der Waals surface area (Å²) in [4.78, 5) is 2.35. The molecule has 0 aliphatic rings. The van der Waals surface area contributed by atoms with Gasteiger partial charge in [-0.05, 0) is 65.4 Å². The van der Waals surface area contributed by atoms with Crippen molar-refractivity contribution in [1.29, 1.82) is 0 Å². The first-order valence-corrected chi connectivity index (χ1v) is 12.3. The predicted molar refractivity (Wildman–Crippen MR) is 130 cm³/mol. The zero-order valence-electron chi connectivity index (χ0n) is 16.6. The fraction of sp³-hybridized carbons (Fsp3) is 0.136. The molecule has 6 nitrogen and oxygen atoms in total. The van der Waals surface area contributed by atoms with E-state index in [9.17, 15) is 8.42 Å². The van der Waals surface area contributed by atoms with Crippen molar-refractivity contribution < 1.29 is 17.9 Å². The van der Waals surface area contributed by atoms with Crippen LogP contribution < -0.4 is 14.3 Å². The van der Waals surface area contributed by atoms with Gasteiger partial charge >= 0.3 is 0 Å². The maximum absolute atomic E-state index is 12.3. The number of benzene rings is 3. The average Bonchev–Trinajstić information content (AvgIpc) is 2.75. The Bertz CT molecular complexity index is 1170. The number of sulfonamides is 1. The van der Waals surface area contributed by atoms with E-state index in [4.69, 9.17) is 21.1 Å². The Morgan fingerprint density at radius 1 is 1.06 bits per heavy atom. The minimum Gasteiger partial charge on any atom is -0.490 e. The molecule has 0 amide bonds. The predicted octanol–water partition coefficient (Wildman–Crippen LogP) is 5.23. The van der Waals surface area contributed by atoms with Gasteiger partial charge in [0.25, 0.3) is 10.0 Å². The summed E-state index contributed by atoms with van der Waals surface area (Å²) in [5.41, 5.74) is 1.53. The molecule has 3 aromatic carbocycles. The minimum atomic E-state index is -3.73. The normalized spacial score (nSPS) is 11.5. The van der Waals surface area contributed by atoms with Gasteiger partial charge in [-0.2, -0.15) is 13.5 Å². The van der Waals surface area contributed by atoms with Crippen LogP contribution in [0.4, 0.5) is 0 Å². The first-order chi connectivity index (χ1) is 14.9. The lowest BCUT2D eigenvalue weighted by Gasteiger charge is -2.15. The largest absolute Gasteiger partial charge is 0.490 e. The highest BCUT2D eigenvalue weighted by Gasteiger charge is 2.14. The van der Waals surface area contributed by atoms with E-state index in [0.717, 1.165) is 9.13 Å².